The van der Waals surface area contributed by atoms with Crippen LogP contribution < -0.4 is 10.3 Å². The first-order valence-corrected chi connectivity index (χ1v) is 9.76. The van der Waals surface area contributed by atoms with E-state index in [0.29, 0.717) is 28.1 Å². The smallest absolute Gasteiger partial charge is 0.290 e. The summed E-state index contributed by atoms with van der Waals surface area (Å²) in [5.74, 6) is -0.0857. The van der Waals surface area contributed by atoms with Crippen molar-refractivity contribution < 1.29 is 14.1 Å². The van der Waals surface area contributed by atoms with Gasteiger partial charge in [0.1, 0.15) is 5.58 Å². The van der Waals surface area contributed by atoms with Crippen molar-refractivity contribution in [3.05, 3.63) is 80.7 Å². The van der Waals surface area contributed by atoms with Gasteiger partial charge >= 0.3 is 0 Å². The van der Waals surface area contributed by atoms with Crippen LogP contribution in [0.4, 0.5) is 0 Å². The van der Waals surface area contributed by atoms with Gasteiger partial charge in [0.25, 0.3) is 5.91 Å². The Morgan fingerprint density at radius 1 is 1.11 bits per heavy atom. The molecule has 4 rings (SSSR count). The zero-order valence-corrected chi connectivity index (χ0v) is 16.6. The number of nitrogens with zero attached hydrogens (tertiary/aromatic N) is 1. The van der Waals surface area contributed by atoms with Crippen LogP contribution in [0.25, 0.3) is 11.0 Å². The average Bonchev–Trinajstić information content (AvgIpc) is 2.95. The predicted molar refractivity (Wildman–Crippen MR) is 109 cm³/mol. The lowest BCUT2D eigenvalue weighted by Gasteiger charge is -2.25. The second kappa shape index (κ2) is 7.41. The molecule has 0 fully saturated rings. The van der Waals surface area contributed by atoms with Crippen molar-refractivity contribution in [3.8, 4) is 0 Å². The molecule has 1 amide bonds. The van der Waals surface area contributed by atoms with Gasteiger partial charge in [0.2, 0.25) is 5.76 Å². The zero-order valence-electron chi connectivity index (χ0n) is 15.9. The standard InChI is InChI=1S/C22H21ClN2O3/c1-24(2)11-6-12-25-19(14-7-4-3-5-8-14)18-20(26)16-13-15(23)9-10-17(16)28-21(18)22(25)27/h3-5,7-10,13,19H,6,11-12H2,1-2H3/p+1. The molecule has 144 valence electrons. The zero-order chi connectivity index (χ0) is 19.8. The number of carbonyl (C=O) groups excluding carboxylic acids is 1. The molecule has 0 bridgehead atoms. The summed E-state index contributed by atoms with van der Waals surface area (Å²) in [7, 11) is 4.16. The quantitative estimate of drug-likeness (QED) is 0.719. The third-order valence-electron chi connectivity index (χ3n) is 5.12. The van der Waals surface area contributed by atoms with Gasteiger partial charge in [-0.3, -0.25) is 9.59 Å². The fourth-order valence-electron chi connectivity index (χ4n) is 3.81. The Hall–Kier alpha value is -2.63. The van der Waals surface area contributed by atoms with E-state index in [0.717, 1.165) is 18.5 Å². The molecule has 0 saturated heterocycles. The lowest BCUT2D eigenvalue weighted by Crippen LogP contribution is -3.05. The first-order chi connectivity index (χ1) is 13.5. The van der Waals surface area contributed by atoms with E-state index in [1.165, 1.54) is 4.90 Å². The van der Waals surface area contributed by atoms with Crippen LogP contribution in [0.15, 0.2) is 57.7 Å². The summed E-state index contributed by atoms with van der Waals surface area (Å²) in [4.78, 5) is 29.6. The van der Waals surface area contributed by atoms with Crippen molar-refractivity contribution in [2.75, 3.05) is 27.2 Å². The summed E-state index contributed by atoms with van der Waals surface area (Å²) in [6.45, 7) is 1.49. The average molecular weight is 398 g/mol. The summed E-state index contributed by atoms with van der Waals surface area (Å²) < 4.78 is 5.91. The minimum absolute atomic E-state index is 0.144. The van der Waals surface area contributed by atoms with E-state index in [-0.39, 0.29) is 17.1 Å². The number of halogens is 1. The van der Waals surface area contributed by atoms with E-state index >= 15 is 0 Å². The Labute approximate surface area is 168 Å². The highest BCUT2D eigenvalue weighted by atomic mass is 35.5. The van der Waals surface area contributed by atoms with Crippen LogP contribution in [0.2, 0.25) is 5.02 Å². The molecule has 2 heterocycles. The maximum atomic E-state index is 13.3. The van der Waals surface area contributed by atoms with E-state index in [2.05, 4.69) is 14.1 Å². The van der Waals surface area contributed by atoms with Gasteiger partial charge in [-0.1, -0.05) is 41.9 Å². The molecule has 3 aromatic rings. The van der Waals surface area contributed by atoms with Crippen LogP contribution in [0.3, 0.4) is 0 Å². The highest BCUT2D eigenvalue weighted by molar-refractivity contribution is 6.31. The lowest BCUT2D eigenvalue weighted by atomic mass is 9.98. The molecule has 6 heteroatoms. The van der Waals surface area contributed by atoms with Gasteiger partial charge in [-0.15, -0.1) is 0 Å². The molecule has 1 atom stereocenters. The molecular weight excluding hydrogens is 376 g/mol. The van der Waals surface area contributed by atoms with Gasteiger partial charge in [0.15, 0.2) is 5.43 Å². The first kappa shape index (κ1) is 18.7. The van der Waals surface area contributed by atoms with Crippen molar-refractivity contribution in [2.24, 2.45) is 0 Å². The summed E-state index contributed by atoms with van der Waals surface area (Å²) in [6.07, 6.45) is 0.838. The number of fused-ring (bicyclic) bond motifs is 2. The number of carbonyl (C=O) groups is 1. The molecule has 0 aliphatic carbocycles. The molecule has 1 N–H and O–H groups in total. The molecule has 0 spiro atoms. The highest BCUT2D eigenvalue weighted by Gasteiger charge is 2.42. The monoisotopic (exact) mass is 397 g/mol. The molecule has 5 nitrogen and oxygen atoms in total. The van der Waals surface area contributed by atoms with E-state index in [4.69, 9.17) is 16.0 Å². The van der Waals surface area contributed by atoms with Crippen LogP contribution in [0.5, 0.6) is 0 Å². The molecule has 1 unspecified atom stereocenters. The molecule has 0 radical (unpaired) electrons. The topological polar surface area (TPSA) is 55.0 Å². The van der Waals surface area contributed by atoms with E-state index in [1.54, 1.807) is 23.1 Å². The summed E-state index contributed by atoms with van der Waals surface area (Å²) in [5.41, 5.74) is 1.50. The Balaban J connectivity index is 1.88. The fourth-order valence-corrected chi connectivity index (χ4v) is 3.98. The normalized spacial score (nSPS) is 16.2. The van der Waals surface area contributed by atoms with Gasteiger partial charge in [-0.2, -0.15) is 0 Å². The SMILES string of the molecule is C[NH+](C)CCCN1C(=O)c2oc3ccc(Cl)cc3c(=O)c2C1c1ccccc1. The lowest BCUT2D eigenvalue weighted by molar-refractivity contribution is -0.858. The number of benzene rings is 2. The van der Waals surface area contributed by atoms with Gasteiger partial charge in [0.05, 0.1) is 37.6 Å². The Morgan fingerprint density at radius 2 is 1.86 bits per heavy atom. The van der Waals surface area contributed by atoms with Crippen LogP contribution in [0, 0.1) is 0 Å². The second-order valence-corrected chi connectivity index (χ2v) is 7.87. The van der Waals surface area contributed by atoms with Gasteiger partial charge < -0.3 is 14.2 Å². The Kier molecular flexibility index (Phi) is 4.96. The Morgan fingerprint density at radius 3 is 2.57 bits per heavy atom. The van der Waals surface area contributed by atoms with Crippen LogP contribution in [-0.4, -0.2) is 38.0 Å². The minimum Gasteiger partial charge on any atom is -0.450 e. The maximum Gasteiger partial charge on any atom is 0.290 e. The molecule has 2 aromatic carbocycles. The summed E-state index contributed by atoms with van der Waals surface area (Å²) in [6, 6.07) is 14.1. The van der Waals surface area contributed by atoms with Gasteiger partial charge in [-0.05, 0) is 23.8 Å². The van der Waals surface area contributed by atoms with Crippen molar-refractivity contribution in [1.29, 1.82) is 0 Å². The van der Waals surface area contributed by atoms with E-state index in [9.17, 15) is 9.59 Å². The van der Waals surface area contributed by atoms with Crippen LogP contribution >= 0.6 is 11.6 Å². The van der Waals surface area contributed by atoms with Crippen molar-refractivity contribution in [2.45, 2.75) is 12.5 Å². The maximum absolute atomic E-state index is 13.3. The largest absolute Gasteiger partial charge is 0.450 e. The summed E-state index contributed by atoms with van der Waals surface area (Å²) >= 11 is 6.09. The molecule has 28 heavy (non-hydrogen) atoms. The van der Waals surface area contributed by atoms with Crippen molar-refractivity contribution >= 4 is 28.5 Å². The molecule has 1 aliphatic rings. The third kappa shape index (κ3) is 3.21. The van der Waals surface area contributed by atoms with Crippen molar-refractivity contribution in [1.82, 2.24) is 4.90 Å². The van der Waals surface area contributed by atoms with E-state index in [1.807, 2.05) is 30.3 Å². The fraction of sp³-hybridized carbons (Fsp3) is 0.273. The third-order valence-corrected chi connectivity index (χ3v) is 5.35. The molecule has 1 aliphatic heterocycles. The number of hydrogen-bond acceptors (Lipinski definition) is 3. The van der Waals surface area contributed by atoms with Gasteiger partial charge in [-0.25, -0.2) is 0 Å². The Bertz CT molecular complexity index is 1090. The summed E-state index contributed by atoms with van der Waals surface area (Å²) in [5, 5.41) is 0.866. The highest BCUT2D eigenvalue weighted by Crippen LogP contribution is 2.38. The number of hydrogen-bond donors (Lipinski definition) is 1. The molecule has 1 aromatic heterocycles. The van der Waals surface area contributed by atoms with Crippen LogP contribution in [-0.2, 0) is 0 Å². The number of amides is 1. The number of nitrogens with one attached hydrogen (secondary N) is 1. The van der Waals surface area contributed by atoms with Crippen LogP contribution in [0.1, 0.15) is 34.1 Å². The number of rotatable bonds is 5. The van der Waals surface area contributed by atoms with Gasteiger partial charge in [0, 0.05) is 18.0 Å². The molecular formula is C22H22ClN2O3+. The minimum atomic E-state index is -0.444. The second-order valence-electron chi connectivity index (χ2n) is 7.44. The van der Waals surface area contributed by atoms with E-state index < -0.39 is 6.04 Å². The predicted octanol–water partition coefficient (Wildman–Crippen LogP) is 2.53. The molecule has 0 saturated carbocycles. The number of quaternary nitrogens is 1. The van der Waals surface area contributed by atoms with Crippen molar-refractivity contribution in [3.63, 3.8) is 0 Å². The first-order valence-electron chi connectivity index (χ1n) is 9.38.